The molecule has 3 rings (SSSR count). The van der Waals surface area contributed by atoms with Crippen molar-refractivity contribution in [2.75, 3.05) is 5.32 Å². The first-order valence-electron chi connectivity index (χ1n) is 6.59. The maximum atomic E-state index is 13.8. The summed E-state index contributed by atoms with van der Waals surface area (Å²) < 4.78 is 29.4. The molecule has 6 heteroatoms. The molecule has 0 atom stereocenters. The van der Waals surface area contributed by atoms with E-state index in [0.29, 0.717) is 12.1 Å². The number of thiazole rings is 1. The van der Waals surface area contributed by atoms with E-state index in [1.165, 1.54) is 12.1 Å². The number of halogens is 2. The maximum absolute atomic E-state index is 13.8. The molecular weight excluding hydrogens is 292 g/mol. The van der Waals surface area contributed by atoms with E-state index >= 15 is 0 Å². The number of aryl methyl sites for hydroxylation is 3. The minimum atomic E-state index is -0.450. The van der Waals surface area contributed by atoms with Gasteiger partial charge >= 0.3 is 0 Å². The molecule has 1 aromatic carbocycles. The van der Waals surface area contributed by atoms with E-state index in [0.717, 1.165) is 22.0 Å². The first-order chi connectivity index (χ1) is 9.97. The Kier molecular flexibility index (Phi) is 3.41. The Morgan fingerprint density at radius 3 is 2.71 bits per heavy atom. The zero-order chi connectivity index (χ0) is 15.1. The van der Waals surface area contributed by atoms with Gasteiger partial charge in [-0.3, -0.25) is 4.40 Å². The quantitative estimate of drug-likeness (QED) is 0.785. The number of rotatable bonds is 3. The van der Waals surface area contributed by atoms with Crippen LogP contribution in [0.5, 0.6) is 0 Å². The van der Waals surface area contributed by atoms with Gasteiger partial charge in [0.1, 0.15) is 11.6 Å². The van der Waals surface area contributed by atoms with Gasteiger partial charge in [-0.15, -0.1) is 11.3 Å². The molecule has 21 heavy (non-hydrogen) atoms. The number of aromatic nitrogens is 2. The van der Waals surface area contributed by atoms with Gasteiger partial charge in [0.2, 0.25) is 0 Å². The molecule has 2 aromatic heterocycles. The summed E-state index contributed by atoms with van der Waals surface area (Å²) >= 11 is 1.57. The monoisotopic (exact) mass is 307 g/mol. The Labute approximate surface area is 125 Å². The molecule has 0 saturated carbocycles. The van der Waals surface area contributed by atoms with E-state index in [2.05, 4.69) is 10.3 Å². The van der Waals surface area contributed by atoms with Gasteiger partial charge in [0.15, 0.2) is 4.96 Å². The molecule has 0 saturated heterocycles. The summed E-state index contributed by atoms with van der Waals surface area (Å²) in [5.74, 6) is -0.866. The van der Waals surface area contributed by atoms with Gasteiger partial charge < -0.3 is 5.32 Å². The molecule has 0 bridgehead atoms. The van der Waals surface area contributed by atoms with Crippen LogP contribution in [-0.4, -0.2) is 9.38 Å². The number of benzene rings is 1. The Morgan fingerprint density at radius 2 is 1.95 bits per heavy atom. The van der Waals surface area contributed by atoms with Gasteiger partial charge in [0.25, 0.3) is 0 Å². The van der Waals surface area contributed by atoms with Crippen LogP contribution in [0.4, 0.5) is 14.5 Å². The summed E-state index contributed by atoms with van der Waals surface area (Å²) in [5.41, 5.74) is 3.41. The van der Waals surface area contributed by atoms with Gasteiger partial charge in [-0.1, -0.05) is 0 Å². The van der Waals surface area contributed by atoms with Crippen molar-refractivity contribution < 1.29 is 8.78 Å². The van der Waals surface area contributed by atoms with Crippen molar-refractivity contribution in [3.63, 3.8) is 0 Å². The van der Waals surface area contributed by atoms with Gasteiger partial charge in [-0.25, -0.2) is 13.8 Å². The van der Waals surface area contributed by atoms with Crippen LogP contribution in [0.25, 0.3) is 4.96 Å². The molecular formula is C15H15F2N3S. The number of fused-ring (bicyclic) bond motifs is 1. The predicted molar refractivity (Wildman–Crippen MR) is 81.0 cm³/mol. The molecule has 0 aliphatic carbocycles. The van der Waals surface area contributed by atoms with Crippen LogP contribution in [0.15, 0.2) is 17.5 Å². The molecule has 0 aliphatic rings. The summed E-state index contributed by atoms with van der Waals surface area (Å²) in [6, 6.07) is 2.39. The highest BCUT2D eigenvalue weighted by Crippen LogP contribution is 2.23. The molecule has 0 spiro atoms. The van der Waals surface area contributed by atoms with E-state index in [4.69, 9.17) is 0 Å². The van der Waals surface area contributed by atoms with Crippen LogP contribution < -0.4 is 5.32 Å². The average molecular weight is 307 g/mol. The summed E-state index contributed by atoms with van der Waals surface area (Å²) in [6.45, 7) is 5.86. The van der Waals surface area contributed by atoms with E-state index < -0.39 is 11.6 Å². The van der Waals surface area contributed by atoms with Gasteiger partial charge in [0, 0.05) is 17.1 Å². The highest BCUT2D eigenvalue weighted by atomic mass is 32.1. The molecule has 0 fully saturated rings. The zero-order valence-electron chi connectivity index (χ0n) is 12.0. The zero-order valence-corrected chi connectivity index (χ0v) is 12.8. The molecule has 3 aromatic rings. The number of hydrogen-bond donors (Lipinski definition) is 1. The normalized spacial score (nSPS) is 11.3. The van der Waals surface area contributed by atoms with Crippen LogP contribution in [0.2, 0.25) is 0 Å². The predicted octanol–water partition coefficient (Wildman–Crippen LogP) is 4.21. The summed E-state index contributed by atoms with van der Waals surface area (Å²) in [5, 5.41) is 4.99. The lowest BCUT2D eigenvalue weighted by Crippen LogP contribution is -2.06. The van der Waals surface area contributed by atoms with Crippen LogP contribution >= 0.6 is 11.3 Å². The largest absolute Gasteiger partial charge is 0.377 e. The second-order valence-corrected chi connectivity index (χ2v) is 5.91. The molecule has 2 heterocycles. The van der Waals surface area contributed by atoms with Crippen LogP contribution in [0.1, 0.15) is 22.6 Å². The van der Waals surface area contributed by atoms with Crippen molar-refractivity contribution >= 4 is 22.0 Å². The van der Waals surface area contributed by atoms with Crippen molar-refractivity contribution in [1.82, 2.24) is 9.38 Å². The standard InChI is InChI=1S/C15H15F2N3S/c1-8-4-12(17)13(5-11(8)16)18-6-14-10(3)19-15-20(14)9(2)7-21-15/h4-5,7,18H,6H2,1-3H3. The molecule has 0 radical (unpaired) electrons. The van der Waals surface area contributed by atoms with Crippen molar-refractivity contribution in [1.29, 1.82) is 0 Å². The highest BCUT2D eigenvalue weighted by Gasteiger charge is 2.13. The van der Waals surface area contributed by atoms with Crippen molar-refractivity contribution in [3.05, 3.63) is 51.8 Å². The fourth-order valence-electron chi connectivity index (χ4n) is 2.34. The van der Waals surface area contributed by atoms with Gasteiger partial charge in [-0.2, -0.15) is 0 Å². The Morgan fingerprint density at radius 1 is 1.19 bits per heavy atom. The van der Waals surface area contributed by atoms with Crippen molar-refractivity contribution in [2.24, 2.45) is 0 Å². The van der Waals surface area contributed by atoms with E-state index in [-0.39, 0.29) is 5.69 Å². The topological polar surface area (TPSA) is 29.3 Å². The van der Waals surface area contributed by atoms with Gasteiger partial charge in [-0.05, 0) is 32.4 Å². The lowest BCUT2D eigenvalue weighted by Gasteiger charge is -2.10. The Bertz CT molecular complexity index is 820. The molecule has 0 unspecified atom stereocenters. The second kappa shape index (κ2) is 5.11. The average Bonchev–Trinajstić information content (AvgIpc) is 2.92. The molecule has 1 N–H and O–H groups in total. The van der Waals surface area contributed by atoms with Crippen LogP contribution in [-0.2, 0) is 6.54 Å². The summed E-state index contributed by atoms with van der Waals surface area (Å²) in [4.78, 5) is 5.39. The second-order valence-electron chi connectivity index (χ2n) is 5.07. The van der Waals surface area contributed by atoms with Gasteiger partial charge in [0.05, 0.1) is 23.6 Å². The smallest absolute Gasteiger partial charge is 0.194 e. The Balaban J connectivity index is 1.92. The highest BCUT2D eigenvalue weighted by molar-refractivity contribution is 7.15. The summed E-state index contributed by atoms with van der Waals surface area (Å²) in [6.07, 6.45) is 0. The third-order valence-electron chi connectivity index (χ3n) is 3.52. The first kappa shape index (κ1) is 14.0. The number of imidazole rings is 1. The number of nitrogens with zero attached hydrogens (tertiary/aromatic N) is 2. The number of hydrogen-bond acceptors (Lipinski definition) is 3. The van der Waals surface area contributed by atoms with E-state index in [1.54, 1.807) is 18.3 Å². The van der Waals surface area contributed by atoms with Crippen LogP contribution in [0, 0.1) is 32.4 Å². The molecule has 0 aliphatic heterocycles. The molecule has 3 nitrogen and oxygen atoms in total. The van der Waals surface area contributed by atoms with E-state index in [9.17, 15) is 8.78 Å². The molecule has 110 valence electrons. The van der Waals surface area contributed by atoms with E-state index in [1.807, 2.05) is 23.6 Å². The fourth-order valence-corrected chi connectivity index (χ4v) is 3.27. The van der Waals surface area contributed by atoms with Crippen molar-refractivity contribution in [3.8, 4) is 0 Å². The molecule has 0 amide bonds. The number of nitrogens with one attached hydrogen (secondary N) is 1. The fraction of sp³-hybridized carbons (Fsp3) is 0.267. The lowest BCUT2D eigenvalue weighted by atomic mass is 10.2. The lowest BCUT2D eigenvalue weighted by molar-refractivity contribution is 0.594. The van der Waals surface area contributed by atoms with Crippen LogP contribution in [0.3, 0.4) is 0 Å². The first-order valence-corrected chi connectivity index (χ1v) is 7.47. The number of anilines is 1. The Hall–Kier alpha value is -1.95. The van der Waals surface area contributed by atoms with Crippen molar-refractivity contribution in [2.45, 2.75) is 27.3 Å². The maximum Gasteiger partial charge on any atom is 0.194 e. The third-order valence-corrected chi connectivity index (χ3v) is 4.47. The SMILES string of the molecule is Cc1cc(F)c(NCc2c(C)nc3scc(C)n23)cc1F. The minimum Gasteiger partial charge on any atom is -0.377 e. The third kappa shape index (κ3) is 2.40. The summed E-state index contributed by atoms with van der Waals surface area (Å²) in [7, 11) is 0. The minimum absolute atomic E-state index is 0.167.